The average molecular weight is 461 g/mol. The van der Waals surface area contributed by atoms with Crippen molar-refractivity contribution in [1.82, 2.24) is 5.32 Å². The Bertz CT molecular complexity index is 1160. The number of hydrogen-bond donors (Lipinski definition) is 2. The largest absolute Gasteiger partial charge is 0.468 e. The van der Waals surface area contributed by atoms with E-state index in [1.54, 1.807) is 48.5 Å². The van der Waals surface area contributed by atoms with E-state index in [2.05, 4.69) is 15.4 Å². The number of ether oxygens (including phenoxy) is 1. The summed E-state index contributed by atoms with van der Waals surface area (Å²) < 4.78 is 4.66. The van der Waals surface area contributed by atoms with Crippen molar-refractivity contribution in [3.8, 4) is 0 Å². The van der Waals surface area contributed by atoms with Crippen LogP contribution < -0.4 is 10.6 Å². The zero-order valence-electron chi connectivity index (χ0n) is 18.3. The molecule has 168 valence electrons. The van der Waals surface area contributed by atoms with Crippen molar-refractivity contribution < 1.29 is 19.1 Å². The van der Waals surface area contributed by atoms with Crippen LogP contribution in [0.25, 0.3) is 6.08 Å². The fourth-order valence-corrected chi connectivity index (χ4v) is 3.62. The summed E-state index contributed by atoms with van der Waals surface area (Å²) in [7, 11) is 1.34. The number of methoxy groups -OCH3 is 1. The first kappa shape index (κ1) is 23.8. The number of benzene rings is 3. The molecule has 0 fully saturated rings. The summed E-state index contributed by atoms with van der Waals surface area (Å²) in [5.41, 5.74) is 2.97. The van der Waals surface area contributed by atoms with E-state index in [9.17, 15) is 14.4 Å². The molecular weight excluding hydrogens is 436 g/mol. The molecule has 0 aliphatic heterocycles. The van der Waals surface area contributed by atoms with Crippen LogP contribution in [-0.2, 0) is 14.3 Å². The summed E-state index contributed by atoms with van der Waals surface area (Å²) >= 11 is 1.30. The van der Waals surface area contributed by atoms with Gasteiger partial charge in [-0.2, -0.15) is 0 Å². The molecule has 0 aliphatic rings. The van der Waals surface area contributed by atoms with Crippen molar-refractivity contribution >= 4 is 41.3 Å². The number of thioether (sulfide) groups is 1. The van der Waals surface area contributed by atoms with Gasteiger partial charge in [0.2, 0.25) is 0 Å². The van der Waals surface area contributed by atoms with E-state index in [1.165, 1.54) is 18.9 Å². The molecule has 0 bridgehead atoms. The van der Waals surface area contributed by atoms with Gasteiger partial charge in [-0.25, -0.2) is 0 Å². The molecule has 0 saturated carbocycles. The minimum Gasteiger partial charge on any atom is -0.468 e. The van der Waals surface area contributed by atoms with Crippen LogP contribution in [0, 0.1) is 6.92 Å². The number of rotatable bonds is 8. The Labute approximate surface area is 197 Å². The van der Waals surface area contributed by atoms with Crippen LogP contribution in [-0.4, -0.2) is 30.6 Å². The Morgan fingerprint density at radius 1 is 0.939 bits per heavy atom. The molecule has 3 rings (SSSR count). The first-order valence-corrected chi connectivity index (χ1v) is 11.2. The molecule has 6 nitrogen and oxygen atoms in total. The lowest BCUT2D eigenvalue weighted by Crippen LogP contribution is -2.30. The Balaban J connectivity index is 1.81. The maximum Gasteiger partial charge on any atom is 0.315 e. The molecule has 33 heavy (non-hydrogen) atoms. The minimum atomic E-state index is -0.463. The third-order valence-corrected chi connectivity index (χ3v) is 5.56. The number of aryl methyl sites for hydroxylation is 1. The highest BCUT2D eigenvalue weighted by Crippen LogP contribution is 2.22. The number of carbonyl (C=O) groups is 3. The first-order chi connectivity index (χ1) is 15.9. The summed E-state index contributed by atoms with van der Waals surface area (Å²) in [4.78, 5) is 38.0. The van der Waals surface area contributed by atoms with Crippen molar-refractivity contribution in [2.45, 2.75) is 11.8 Å². The van der Waals surface area contributed by atoms with Gasteiger partial charge in [-0.15, -0.1) is 11.8 Å². The summed E-state index contributed by atoms with van der Waals surface area (Å²) in [6.45, 7) is 1.98. The molecule has 0 spiro atoms. The van der Waals surface area contributed by atoms with Crippen LogP contribution in [0.15, 0.2) is 89.5 Å². The maximum atomic E-state index is 13.1. The molecular formula is C26H24N2O4S. The Hall–Kier alpha value is -3.84. The monoisotopic (exact) mass is 460 g/mol. The Morgan fingerprint density at radius 3 is 2.36 bits per heavy atom. The van der Waals surface area contributed by atoms with Crippen molar-refractivity contribution in [3.05, 3.63) is 101 Å². The Morgan fingerprint density at radius 2 is 1.67 bits per heavy atom. The summed E-state index contributed by atoms with van der Waals surface area (Å²) in [5.74, 6) is -1.01. The van der Waals surface area contributed by atoms with Crippen LogP contribution in [0.2, 0.25) is 0 Å². The predicted molar refractivity (Wildman–Crippen MR) is 131 cm³/mol. The molecule has 0 unspecified atom stereocenters. The lowest BCUT2D eigenvalue weighted by Gasteiger charge is -2.12. The van der Waals surface area contributed by atoms with Gasteiger partial charge in [0.05, 0.1) is 12.9 Å². The fourth-order valence-electron chi connectivity index (χ4n) is 2.84. The maximum absolute atomic E-state index is 13.1. The van der Waals surface area contributed by atoms with E-state index in [0.29, 0.717) is 11.3 Å². The zero-order chi connectivity index (χ0) is 23.6. The molecule has 0 aromatic heterocycles. The summed E-state index contributed by atoms with van der Waals surface area (Å²) in [5, 5.41) is 5.54. The van der Waals surface area contributed by atoms with E-state index >= 15 is 0 Å². The van der Waals surface area contributed by atoms with E-state index < -0.39 is 5.91 Å². The smallest absolute Gasteiger partial charge is 0.315 e. The van der Waals surface area contributed by atoms with Crippen LogP contribution >= 0.6 is 11.8 Å². The lowest BCUT2D eigenvalue weighted by molar-refractivity contribution is -0.137. The SMILES string of the molecule is COC(=O)CSc1cccc(NC(=O)/C(=C\c2ccc(C)cc2)NC(=O)c2ccccc2)c1. The van der Waals surface area contributed by atoms with Crippen LogP contribution in [0.3, 0.4) is 0 Å². The normalized spacial score (nSPS) is 10.9. The standard InChI is InChI=1S/C26H24N2O4S/c1-18-11-13-19(14-12-18)15-23(28-25(30)20-7-4-3-5-8-20)26(31)27-21-9-6-10-22(16-21)33-17-24(29)32-2/h3-16H,17H2,1-2H3,(H,27,31)(H,28,30)/b23-15+. The highest BCUT2D eigenvalue weighted by molar-refractivity contribution is 8.00. The van der Waals surface area contributed by atoms with Gasteiger partial charge >= 0.3 is 5.97 Å². The van der Waals surface area contributed by atoms with Gasteiger partial charge in [-0.1, -0.05) is 54.1 Å². The van der Waals surface area contributed by atoms with Gasteiger partial charge in [-0.3, -0.25) is 14.4 Å². The van der Waals surface area contributed by atoms with Crippen LogP contribution in [0.4, 0.5) is 5.69 Å². The second-order valence-electron chi connectivity index (χ2n) is 7.14. The lowest BCUT2D eigenvalue weighted by atomic mass is 10.1. The van der Waals surface area contributed by atoms with Crippen molar-refractivity contribution in [1.29, 1.82) is 0 Å². The van der Waals surface area contributed by atoms with Crippen LogP contribution in [0.1, 0.15) is 21.5 Å². The molecule has 2 amide bonds. The minimum absolute atomic E-state index is 0.111. The van der Waals surface area contributed by atoms with Crippen molar-refractivity contribution in [2.75, 3.05) is 18.2 Å². The average Bonchev–Trinajstić information content (AvgIpc) is 2.84. The van der Waals surface area contributed by atoms with Gasteiger partial charge in [0, 0.05) is 16.1 Å². The second-order valence-corrected chi connectivity index (χ2v) is 8.18. The quantitative estimate of drug-likeness (QED) is 0.290. The Kier molecular flexibility index (Phi) is 8.43. The van der Waals surface area contributed by atoms with Gasteiger partial charge in [0.1, 0.15) is 5.70 Å². The molecule has 3 aromatic carbocycles. The molecule has 0 saturated heterocycles. The molecule has 0 heterocycles. The highest BCUT2D eigenvalue weighted by atomic mass is 32.2. The summed E-state index contributed by atoms with van der Waals surface area (Å²) in [6.07, 6.45) is 1.63. The topological polar surface area (TPSA) is 84.5 Å². The van der Waals surface area contributed by atoms with Crippen molar-refractivity contribution in [3.63, 3.8) is 0 Å². The number of amides is 2. The van der Waals surface area contributed by atoms with E-state index in [0.717, 1.165) is 16.0 Å². The first-order valence-electron chi connectivity index (χ1n) is 10.2. The number of nitrogens with one attached hydrogen (secondary N) is 2. The third-order valence-electron chi connectivity index (χ3n) is 4.59. The van der Waals surface area contributed by atoms with E-state index in [-0.39, 0.29) is 23.3 Å². The number of hydrogen-bond acceptors (Lipinski definition) is 5. The fraction of sp³-hybridized carbons (Fsp3) is 0.115. The van der Waals surface area contributed by atoms with Crippen molar-refractivity contribution in [2.24, 2.45) is 0 Å². The zero-order valence-corrected chi connectivity index (χ0v) is 19.1. The van der Waals surface area contributed by atoms with E-state index in [1.807, 2.05) is 43.3 Å². The predicted octanol–water partition coefficient (Wildman–Crippen LogP) is 4.67. The van der Waals surface area contributed by atoms with Gasteiger partial charge in [0.15, 0.2) is 0 Å². The molecule has 0 radical (unpaired) electrons. The van der Waals surface area contributed by atoms with Crippen LogP contribution in [0.5, 0.6) is 0 Å². The number of anilines is 1. The number of esters is 1. The second kappa shape index (κ2) is 11.7. The summed E-state index contributed by atoms with van der Waals surface area (Å²) in [6, 6.07) is 23.4. The molecule has 7 heteroatoms. The molecule has 2 N–H and O–H groups in total. The van der Waals surface area contributed by atoms with Gasteiger partial charge in [0.25, 0.3) is 11.8 Å². The highest BCUT2D eigenvalue weighted by Gasteiger charge is 2.15. The number of carbonyl (C=O) groups excluding carboxylic acids is 3. The molecule has 0 aliphatic carbocycles. The molecule has 0 atom stereocenters. The van der Waals surface area contributed by atoms with Gasteiger partial charge < -0.3 is 15.4 Å². The molecule has 3 aromatic rings. The van der Waals surface area contributed by atoms with E-state index in [4.69, 9.17) is 0 Å². The van der Waals surface area contributed by atoms with Gasteiger partial charge in [-0.05, 0) is 48.9 Å². The third kappa shape index (κ3) is 7.36.